The molecule has 0 bridgehead atoms. The maximum absolute atomic E-state index is 6.94. The Kier molecular flexibility index (Phi) is 6.73. The fourth-order valence-electron chi connectivity index (χ4n) is 10.5. The molecule has 0 radical (unpaired) electrons. The molecule has 3 heteroatoms. The summed E-state index contributed by atoms with van der Waals surface area (Å²) in [5, 5.41) is 4.78. The lowest BCUT2D eigenvalue weighted by atomic mass is 9.82. The third-order valence-corrected chi connectivity index (χ3v) is 13.2. The topological polar surface area (TPSA) is 21.3 Å². The van der Waals surface area contributed by atoms with E-state index in [1.165, 1.54) is 77.7 Å². The lowest BCUT2D eigenvalue weighted by molar-refractivity contribution is 0.627. The monoisotopic (exact) mass is 732 g/mol. The molecule has 0 spiro atoms. The number of hydrogen-bond donors (Lipinski definition) is 0. The van der Waals surface area contributed by atoms with Crippen LogP contribution in [0.1, 0.15) is 55.0 Å². The molecule has 57 heavy (non-hydrogen) atoms. The van der Waals surface area contributed by atoms with Crippen LogP contribution in [0.4, 0.5) is 11.4 Å². The molecule has 12 rings (SSSR count). The number of furan rings is 1. The van der Waals surface area contributed by atoms with Crippen molar-refractivity contribution in [1.82, 2.24) is 4.57 Å². The fourth-order valence-corrected chi connectivity index (χ4v) is 10.5. The molecule has 0 N–H and O–H groups in total. The predicted molar refractivity (Wildman–Crippen MR) is 237 cm³/mol. The Morgan fingerprint density at radius 1 is 0.526 bits per heavy atom. The molecule has 3 heterocycles. The van der Waals surface area contributed by atoms with Gasteiger partial charge in [0.25, 0.3) is 0 Å². The molecule has 2 aromatic heterocycles. The van der Waals surface area contributed by atoms with Crippen LogP contribution in [0.5, 0.6) is 0 Å². The summed E-state index contributed by atoms with van der Waals surface area (Å²) in [5.74, 6) is 0.343. The number of fused-ring (bicyclic) bond motifs is 10. The summed E-state index contributed by atoms with van der Waals surface area (Å²) in [6.45, 7) is 7.08. The molecule has 10 aromatic rings. The molecule has 3 nitrogen and oxygen atoms in total. The molecule has 1 aliphatic heterocycles. The summed E-state index contributed by atoms with van der Waals surface area (Å²) in [4.78, 5) is 2.52. The number of para-hydroxylation sites is 4. The van der Waals surface area contributed by atoms with Crippen molar-refractivity contribution < 1.29 is 4.42 Å². The molecular weight excluding hydrogens is 693 g/mol. The molecule has 0 amide bonds. The van der Waals surface area contributed by atoms with Gasteiger partial charge >= 0.3 is 0 Å². The third-order valence-electron chi connectivity index (χ3n) is 13.2. The molecule has 0 fully saturated rings. The average Bonchev–Trinajstić information content (AvgIpc) is 3.96. The van der Waals surface area contributed by atoms with Gasteiger partial charge in [-0.2, -0.15) is 0 Å². The molecule has 1 aliphatic carbocycles. The van der Waals surface area contributed by atoms with Crippen LogP contribution in [0.25, 0.3) is 71.7 Å². The van der Waals surface area contributed by atoms with Gasteiger partial charge in [0.05, 0.1) is 22.8 Å². The van der Waals surface area contributed by atoms with Crippen molar-refractivity contribution in [3.05, 3.63) is 198 Å². The highest BCUT2D eigenvalue weighted by molar-refractivity contribution is 6.16. The van der Waals surface area contributed by atoms with Gasteiger partial charge in [0.15, 0.2) is 5.58 Å². The zero-order chi connectivity index (χ0) is 38.0. The van der Waals surface area contributed by atoms with Gasteiger partial charge in [0.2, 0.25) is 0 Å². The number of benzene rings is 8. The minimum absolute atomic E-state index is 0.100. The number of aromatic nitrogens is 1. The molecule has 2 aliphatic rings. The lowest BCUT2D eigenvalue weighted by Gasteiger charge is -2.30. The van der Waals surface area contributed by atoms with Crippen LogP contribution >= 0.6 is 0 Å². The zero-order valence-corrected chi connectivity index (χ0v) is 32.2. The second-order valence-corrected chi connectivity index (χ2v) is 16.5. The van der Waals surface area contributed by atoms with Crippen LogP contribution in [0.3, 0.4) is 0 Å². The van der Waals surface area contributed by atoms with E-state index in [1.807, 2.05) is 0 Å². The smallest absolute Gasteiger partial charge is 0.159 e. The van der Waals surface area contributed by atoms with Gasteiger partial charge in [-0.1, -0.05) is 148 Å². The van der Waals surface area contributed by atoms with Crippen molar-refractivity contribution in [2.24, 2.45) is 0 Å². The summed E-state index contributed by atoms with van der Waals surface area (Å²) in [5.41, 5.74) is 18.1. The van der Waals surface area contributed by atoms with E-state index in [0.29, 0.717) is 5.92 Å². The Labute approximate surface area is 332 Å². The number of nitrogens with zero attached hydrogens (tertiary/aromatic N) is 2. The Morgan fingerprint density at radius 2 is 1.23 bits per heavy atom. The van der Waals surface area contributed by atoms with Gasteiger partial charge in [-0.3, -0.25) is 0 Å². The first kappa shape index (κ1) is 32.4. The van der Waals surface area contributed by atoms with Crippen molar-refractivity contribution in [3.8, 4) is 27.9 Å². The van der Waals surface area contributed by atoms with Gasteiger partial charge in [0.1, 0.15) is 5.58 Å². The molecular formula is C54H40N2O. The van der Waals surface area contributed by atoms with Crippen molar-refractivity contribution in [1.29, 1.82) is 0 Å². The maximum Gasteiger partial charge on any atom is 0.159 e. The zero-order valence-electron chi connectivity index (χ0n) is 32.2. The van der Waals surface area contributed by atoms with Crippen molar-refractivity contribution in [2.45, 2.75) is 38.1 Å². The first-order chi connectivity index (χ1) is 28.0. The molecule has 0 saturated carbocycles. The van der Waals surface area contributed by atoms with Crippen LogP contribution < -0.4 is 4.90 Å². The first-order valence-electron chi connectivity index (χ1n) is 20.1. The Hall–Kier alpha value is -6.84. The van der Waals surface area contributed by atoms with Gasteiger partial charge in [0, 0.05) is 44.3 Å². The standard InChI is InChI=1S/C54H40N2O/c1-33-37-17-8-11-23-46(37)55(36-15-5-4-6-16-36)52(33)35-29-27-34(28-30-35)38-20-14-26-50-51(38)41-21-13-25-48(53(41)57-50)56-47-24-12-9-19-40(47)43-31-42-39-18-7-10-22-44(39)54(2,3)45(42)32-49(43)56/h4-33,52H,1-3H3. The van der Waals surface area contributed by atoms with E-state index < -0.39 is 0 Å². The highest BCUT2D eigenvalue weighted by Gasteiger charge is 2.38. The summed E-state index contributed by atoms with van der Waals surface area (Å²) in [7, 11) is 0. The molecule has 272 valence electrons. The Bertz CT molecular complexity index is 3240. The Balaban J connectivity index is 1.01. The summed E-state index contributed by atoms with van der Waals surface area (Å²) in [6, 6.07) is 64.9. The number of hydrogen-bond acceptors (Lipinski definition) is 2. The van der Waals surface area contributed by atoms with E-state index >= 15 is 0 Å². The van der Waals surface area contributed by atoms with Crippen molar-refractivity contribution >= 4 is 55.1 Å². The van der Waals surface area contributed by atoms with Gasteiger partial charge in [-0.25, -0.2) is 0 Å². The minimum atomic E-state index is -0.100. The molecule has 2 unspecified atom stereocenters. The molecule has 8 aromatic carbocycles. The average molecular weight is 733 g/mol. The molecule has 2 atom stereocenters. The van der Waals surface area contributed by atoms with E-state index in [1.54, 1.807) is 0 Å². The summed E-state index contributed by atoms with van der Waals surface area (Å²) >= 11 is 0. The van der Waals surface area contributed by atoms with Gasteiger partial charge < -0.3 is 13.9 Å². The highest BCUT2D eigenvalue weighted by atomic mass is 16.3. The third kappa shape index (κ3) is 4.48. The van der Waals surface area contributed by atoms with Crippen LogP contribution in [-0.2, 0) is 5.41 Å². The highest BCUT2D eigenvalue weighted by Crippen LogP contribution is 2.53. The van der Waals surface area contributed by atoms with E-state index in [9.17, 15) is 0 Å². The summed E-state index contributed by atoms with van der Waals surface area (Å²) in [6.07, 6.45) is 0. The number of rotatable bonds is 4. The lowest BCUT2D eigenvalue weighted by Crippen LogP contribution is -2.21. The first-order valence-corrected chi connectivity index (χ1v) is 20.1. The second-order valence-electron chi connectivity index (χ2n) is 16.5. The van der Waals surface area contributed by atoms with E-state index in [4.69, 9.17) is 4.42 Å². The van der Waals surface area contributed by atoms with Crippen LogP contribution in [0, 0.1) is 0 Å². The quantitative estimate of drug-likeness (QED) is 0.180. The normalized spacial score (nSPS) is 16.8. The van der Waals surface area contributed by atoms with Crippen molar-refractivity contribution in [3.63, 3.8) is 0 Å². The van der Waals surface area contributed by atoms with Crippen LogP contribution in [0.2, 0.25) is 0 Å². The van der Waals surface area contributed by atoms with Gasteiger partial charge in [-0.05, 0) is 93.0 Å². The van der Waals surface area contributed by atoms with Gasteiger partial charge in [-0.15, -0.1) is 0 Å². The van der Waals surface area contributed by atoms with E-state index in [0.717, 1.165) is 27.6 Å². The SMILES string of the molecule is CC1c2ccccc2N(c2ccccc2)C1c1ccc(-c2cccc3oc4c(-n5c6ccccc6c6cc7c(cc65)C(C)(C)c5ccccc5-7)cccc4c23)cc1. The maximum atomic E-state index is 6.94. The predicted octanol–water partition coefficient (Wildman–Crippen LogP) is 14.7. The summed E-state index contributed by atoms with van der Waals surface area (Å²) < 4.78 is 9.38. The fraction of sp³-hybridized carbons (Fsp3) is 0.111. The largest absolute Gasteiger partial charge is 0.454 e. The minimum Gasteiger partial charge on any atom is -0.454 e. The van der Waals surface area contributed by atoms with Crippen LogP contribution in [-0.4, -0.2) is 4.57 Å². The molecule has 0 saturated heterocycles. The van der Waals surface area contributed by atoms with E-state index in [2.05, 4.69) is 206 Å². The second kappa shape index (κ2) is 11.8. The van der Waals surface area contributed by atoms with Crippen LogP contribution in [0.15, 0.2) is 180 Å². The van der Waals surface area contributed by atoms with Crippen molar-refractivity contribution in [2.75, 3.05) is 4.90 Å². The number of anilines is 2. The van der Waals surface area contributed by atoms with E-state index in [-0.39, 0.29) is 11.5 Å². The Morgan fingerprint density at radius 3 is 2.11 bits per heavy atom.